The van der Waals surface area contributed by atoms with Gasteiger partial charge in [-0.25, -0.2) is 4.98 Å². The Hall–Kier alpha value is -3.08. The maximum atomic E-state index is 12.1. The van der Waals surface area contributed by atoms with Crippen LogP contribution in [-0.2, 0) is 4.79 Å². The molecule has 25 heavy (non-hydrogen) atoms. The van der Waals surface area contributed by atoms with E-state index in [1.54, 1.807) is 24.5 Å². The van der Waals surface area contributed by atoms with Crippen molar-refractivity contribution in [3.05, 3.63) is 58.9 Å². The minimum absolute atomic E-state index is 0.130. The molecular formula is C20H21N3O2. The molecule has 0 bridgehead atoms. The van der Waals surface area contributed by atoms with E-state index in [4.69, 9.17) is 5.73 Å². The number of nitrogens with zero attached hydrogens (tertiary/aromatic N) is 1. The number of pyridine rings is 1. The minimum atomic E-state index is -0.512. The number of aryl methyl sites for hydroxylation is 1. The van der Waals surface area contributed by atoms with Crippen LogP contribution >= 0.6 is 0 Å². The molecule has 1 aromatic carbocycles. The number of carbonyl (C=O) groups excluding carboxylic acids is 1. The fourth-order valence-corrected chi connectivity index (χ4v) is 3.00. The van der Waals surface area contributed by atoms with Gasteiger partial charge in [-0.15, -0.1) is 0 Å². The Morgan fingerprint density at radius 3 is 2.80 bits per heavy atom. The van der Waals surface area contributed by atoms with Gasteiger partial charge in [-0.05, 0) is 59.9 Å². The van der Waals surface area contributed by atoms with E-state index in [-0.39, 0.29) is 11.7 Å². The van der Waals surface area contributed by atoms with Crippen LogP contribution in [0.4, 0.5) is 0 Å². The van der Waals surface area contributed by atoms with Gasteiger partial charge in [-0.1, -0.05) is 13.8 Å². The quantitative estimate of drug-likeness (QED) is 0.634. The topological polar surface area (TPSA) is 92.0 Å². The number of fused-ring (bicyclic) bond motifs is 1. The highest BCUT2D eigenvalue weighted by Crippen LogP contribution is 2.33. The van der Waals surface area contributed by atoms with Crippen LogP contribution in [0.2, 0.25) is 0 Å². The van der Waals surface area contributed by atoms with Gasteiger partial charge in [0.15, 0.2) is 0 Å². The van der Waals surface area contributed by atoms with Crippen molar-refractivity contribution in [1.29, 1.82) is 0 Å². The molecule has 0 radical (unpaired) electrons. The fourth-order valence-electron chi connectivity index (χ4n) is 3.00. The molecule has 0 atom stereocenters. The molecule has 0 saturated carbocycles. The lowest BCUT2D eigenvalue weighted by atomic mass is 9.91. The number of aromatic nitrogens is 2. The standard InChI is InChI=1S/C20H21N3O2/c1-11(2)15-9-16(12(3)7-18(15)24)17(19(21)25)8-13-10-23-20-14(13)5-4-6-22-20/h4-11,24H,1-3H3,(H2,21,25)(H,22,23)/b17-8-. The minimum Gasteiger partial charge on any atom is -0.508 e. The molecule has 0 aliphatic heterocycles. The predicted octanol–water partition coefficient (Wildman–Crippen LogP) is 3.73. The number of primary amides is 1. The van der Waals surface area contributed by atoms with Crippen molar-refractivity contribution in [3.63, 3.8) is 0 Å². The number of carbonyl (C=O) groups is 1. The monoisotopic (exact) mass is 335 g/mol. The highest BCUT2D eigenvalue weighted by atomic mass is 16.3. The van der Waals surface area contributed by atoms with Crippen molar-refractivity contribution >= 4 is 28.6 Å². The van der Waals surface area contributed by atoms with E-state index in [1.165, 1.54) is 0 Å². The van der Waals surface area contributed by atoms with Crippen LogP contribution in [0, 0.1) is 6.92 Å². The smallest absolute Gasteiger partial charge is 0.249 e. The molecule has 4 N–H and O–H groups in total. The normalized spacial score (nSPS) is 12.1. The van der Waals surface area contributed by atoms with Crippen LogP contribution in [0.5, 0.6) is 5.75 Å². The molecule has 5 nitrogen and oxygen atoms in total. The summed E-state index contributed by atoms with van der Waals surface area (Å²) < 4.78 is 0. The summed E-state index contributed by atoms with van der Waals surface area (Å²) in [5, 5.41) is 11.1. The van der Waals surface area contributed by atoms with Crippen molar-refractivity contribution < 1.29 is 9.90 Å². The van der Waals surface area contributed by atoms with E-state index < -0.39 is 5.91 Å². The third-order valence-corrected chi connectivity index (χ3v) is 4.33. The van der Waals surface area contributed by atoms with Gasteiger partial charge in [0.05, 0.1) is 0 Å². The van der Waals surface area contributed by atoms with Gasteiger partial charge >= 0.3 is 0 Å². The lowest BCUT2D eigenvalue weighted by Crippen LogP contribution is -2.14. The molecule has 3 rings (SSSR count). The maximum absolute atomic E-state index is 12.1. The molecule has 2 heterocycles. The molecular weight excluding hydrogens is 314 g/mol. The average Bonchev–Trinajstić information content (AvgIpc) is 2.96. The number of H-pyrrole nitrogens is 1. The molecule has 0 saturated heterocycles. The van der Waals surface area contributed by atoms with Crippen molar-refractivity contribution in [3.8, 4) is 5.75 Å². The van der Waals surface area contributed by atoms with Crippen LogP contribution in [-0.4, -0.2) is 21.0 Å². The summed E-state index contributed by atoms with van der Waals surface area (Å²) >= 11 is 0. The number of aromatic amines is 1. The molecule has 0 fully saturated rings. The maximum Gasteiger partial charge on any atom is 0.249 e. The summed E-state index contributed by atoms with van der Waals surface area (Å²) in [5.74, 6) is -0.149. The summed E-state index contributed by atoms with van der Waals surface area (Å²) in [6.07, 6.45) is 5.28. The third-order valence-electron chi connectivity index (χ3n) is 4.33. The Morgan fingerprint density at radius 1 is 1.36 bits per heavy atom. The van der Waals surface area contributed by atoms with Gasteiger partial charge in [-0.3, -0.25) is 4.79 Å². The van der Waals surface area contributed by atoms with E-state index in [2.05, 4.69) is 9.97 Å². The molecule has 0 unspecified atom stereocenters. The molecule has 128 valence electrons. The molecule has 0 aliphatic rings. The number of nitrogens with one attached hydrogen (secondary N) is 1. The zero-order valence-electron chi connectivity index (χ0n) is 14.5. The molecule has 0 aliphatic carbocycles. The van der Waals surface area contributed by atoms with Crippen molar-refractivity contribution in [1.82, 2.24) is 9.97 Å². The van der Waals surface area contributed by atoms with Crippen molar-refractivity contribution in [2.24, 2.45) is 5.73 Å². The highest BCUT2D eigenvalue weighted by molar-refractivity contribution is 6.24. The Bertz CT molecular complexity index is 984. The second kappa shape index (κ2) is 6.43. The highest BCUT2D eigenvalue weighted by Gasteiger charge is 2.17. The molecule has 0 spiro atoms. The number of hydrogen-bond donors (Lipinski definition) is 3. The van der Waals surface area contributed by atoms with Gasteiger partial charge in [-0.2, -0.15) is 0 Å². The Kier molecular flexibility index (Phi) is 4.31. The summed E-state index contributed by atoms with van der Waals surface area (Å²) in [7, 11) is 0. The second-order valence-electron chi connectivity index (χ2n) is 6.45. The van der Waals surface area contributed by atoms with Gasteiger partial charge in [0.2, 0.25) is 5.91 Å². The van der Waals surface area contributed by atoms with E-state index in [0.29, 0.717) is 5.57 Å². The predicted molar refractivity (Wildman–Crippen MR) is 100 cm³/mol. The third kappa shape index (κ3) is 3.13. The number of aromatic hydroxyl groups is 1. The molecule has 5 heteroatoms. The summed E-state index contributed by atoms with van der Waals surface area (Å²) in [5.41, 5.74) is 9.98. The van der Waals surface area contributed by atoms with Gasteiger partial charge < -0.3 is 15.8 Å². The number of phenols is 1. The van der Waals surface area contributed by atoms with Gasteiger partial charge in [0.1, 0.15) is 11.4 Å². The fraction of sp³-hybridized carbons (Fsp3) is 0.200. The number of benzene rings is 1. The van der Waals surface area contributed by atoms with Crippen LogP contribution in [0.1, 0.15) is 42.0 Å². The largest absolute Gasteiger partial charge is 0.508 e. The van der Waals surface area contributed by atoms with Crippen molar-refractivity contribution in [2.75, 3.05) is 0 Å². The first-order valence-electron chi connectivity index (χ1n) is 8.16. The molecule has 2 aromatic heterocycles. The second-order valence-corrected chi connectivity index (χ2v) is 6.45. The van der Waals surface area contributed by atoms with Crippen LogP contribution < -0.4 is 5.73 Å². The lowest BCUT2D eigenvalue weighted by Gasteiger charge is -2.14. The molecule has 1 amide bonds. The summed E-state index contributed by atoms with van der Waals surface area (Å²) in [4.78, 5) is 19.5. The number of rotatable bonds is 4. The summed E-state index contributed by atoms with van der Waals surface area (Å²) in [6, 6.07) is 7.31. The Balaban J connectivity index is 2.20. The Labute approximate surface area is 146 Å². The average molecular weight is 335 g/mol. The SMILES string of the molecule is Cc1cc(O)c(C(C)C)cc1/C(=C/c1c[nH]c2ncccc12)C(N)=O. The zero-order valence-corrected chi connectivity index (χ0v) is 14.5. The number of nitrogens with two attached hydrogens (primary N) is 1. The van der Waals surface area contributed by atoms with Crippen molar-refractivity contribution in [2.45, 2.75) is 26.7 Å². The first-order valence-corrected chi connectivity index (χ1v) is 8.16. The number of phenolic OH excluding ortho intramolecular Hbond substituents is 1. The van der Waals surface area contributed by atoms with Crippen LogP contribution in [0.3, 0.4) is 0 Å². The van der Waals surface area contributed by atoms with Crippen LogP contribution in [0.15, 0.2) is 36.7 Å². The lowest BCUT2D eigenvalue weighted by molar-refractivity contribution is -0.112. The van der Waals surface area contributed by atoms with E-state index in [9.17, 15) is 9.90 Å². The van der Waals surface area contributed by atoms with E-state index >= 15 is 0 Å². The van der Waals surface area contributed by atoms with Gasteiger partial charge in [0, 0.05) is 28.9 Å². The van der Waals surface area contributed by atoms with Crippen LogP contribution in [0.25, 0.3) is 22.7 Å². The number of hydrogen-bond acceptors (Lipinski definition) is 3. The van der Waals surface area contributed by atoms with E-state index in [0.717, 1.165) is 33.3 Å². The van der Waals surface area contributed by atoms with Gasteiger partial charge in [0.25, 0.3) is 0 Å². The Morgan fingerprint density at radius 2 is 2.12 bits per heavy atom. The molecule has 3 aromatic rings. The number of amides is 1. The first-order chi connectivity index (χ1) is 11.9. The first kappa shape index (κ1) is 16.8. The zero-order chi connectivity index (χ0) is 18.1. The summed E-state index contributed by atoms with van der Waals surface area (Å²) in [6.45, 7) is 5.84. The van der Waals surface area contributed by atoms with E-state index in [1.807, 2.05) is 39.0 Å².